The summed E-state index contributed by atoms with van der Waals surface area (Å²) >= 11 is 0. The number of urea groups is 1. The lowest BCUT2D eigenvalue weighted by Crippen LogP contribution is -2.52. The molecule has 21 heavy (non-hydrogen) atoms. The van der Waals surface area contributed by atoms with Crippen LogP contribution >= 0.6 is 0 Å². The van der Waals surface area contributed by atoms with E-state index in [1.54, 1.807) is 31.2 Å². The smallest absolute Gasteiger partial charge is 0.308 e. The number of nitrogens with zero attached hydrogens (tertiary/aromatic N) is 1. The maximum Gasteiger partial charge on any atom is 0.328 e. The number of amides is 5. The normalized spacial score (nSPS) is 17.9. The molecular weight excluding hydrogens is 274 g/mol. The molecule has 2 N–H and O–H groups in total. The van der Waals surface area contributed by atoms with E-state index in [9.17, 15) is 19.2 Å². The van der Waals surface area contributed by atoms with Gasteiger partial charge in [-0.25, -0.2) is 4.79 Å². The minimum Gasteiger partial charge on any atom is -0.308 e. The number of anilines is 1. The van der Waals surface area contributed by atoms with Gasteiger partial charge in [0.25, 0.3) is 17.7 Å². The number of hydrogen-bond acceptors (Lipinski definition) is 4. The highest BCUT2D eigenvalue weighted by Crippen LogP contribution is 2.38. The molecule has 0 radical (unpaired) electrons. The molecule has 2 aliphatic rings. The molecule has 5 amide bonds. The molecule has 1 fully saturated rings. The summed E-state index contributed by atoms with van der Waals surface area (Å²) in [7, 11) is 0. The minimum atomic E-state index is -0.888. The molecule has 0 aromatic heterocycles. The molecule has 1 aromatic rings. The number of hydrogen-bond donors (Lipinski definition) is 2. The van der Waals surface area contributed by atoms with E-state index in [0.717, 1.165) is 0 Å². The van der Waals surface area contributed by atoms with Gasteiger partial charge in [0.15, 0.2) is 0 Å². The van der Waals surface area contributed by atoms with Crippen LogP contribution in [-0.2, 0) is 14.4 Å². The number of carbonyl (C=O) groups is 4. The van der Waals surface area contributed by atoms with Crippen LogP contribution in [0.5, 0.6) is 0 Å². The van der Waals surface area contributed by atoms with E-state index in [2.05, 4.69) is 0 Å². The Morgan fingerprint density at radius 2 is 1.57 bits per heavy atom. The van der Waals surface area contributed by atoms with Crippen molar-refractivity contribution in [3.63, 3.8) is 0 Å². The van der Waals surface area contributed by atoms with Crippen LogP contribution in [0, 0.1) is 0 Å². The minimum absolute atomic E-state index is 0.0231. The molecule has 7 nitrogen and oxygen atoms in total. The Labute approximate surface area is 119 Å². The molecule has 0 atom stereocenters. The first-order valence-electron chi connectivity index (χ1n) is 6.36. The number of benzene rings is 1. The predicted octanol–water partition coefficient (Wildman–Crippen LogP) is 0.173. The average molecular weight is 285 g/mol. The maximum atomic E-state index is 12.5. The molecule has 0 unspecified atom stereocenters. The summed E-state index contributed by atoms with van der Waals surface area (Å²) in [5.41, 5.74) is 0.849. The molecule has 7 heteroatoms. The number of likely N-dealkylation sites (N-methyl/N-ethyl adjacent to an activating group) is 1. The molecule has 2 heterocycles. The third-order valence-electron chi connectivity index (χ3n) is 3.40. The van der Waals surface area contributed by atoms with Gasteiger partial charge >= 0.3 is 6.03 Å². The summed E-state index contributed by atoms with van der Waals surface area (Å²) in [6.45, 7) is 2.21. The Balaban J connectivity index is 2.25. The van der Waals surface area contributed by atoms with Crippen molar-refractivity contribution in [3.8, 4) is 0 Å². The van der Waals surface area contributed by atoms with Crippen molar-refractivity contribution in [2.24, 2.45) is 0 Å². The topological polar surface area (TPSA) is 95.6 Å². The zero-order valence-electron chi connectivity index (χ0n) is 11.1. The predicted molar refractivity (Wildman–Crippen MR) is 73.1 cm³/mol. The highest BCUT2D eigenvalue weighted by Gasteiger charge is 2.40. The third kappa shape index (κ3) is 1.82. The molecule has 1 aromatic carbocycles. The summed E-state index contributed by atoms with van der Waals surface area (Å²) < 4.78 is 0. The van der Waals surface area contributed by atoms with Crippen molar-refractivity contribution in [3.05, 3.63) is 35.4 Å². The standard InChI is InChI=1S/C14H11N3O4/c1-2-17-8-6-4-3-5-7(8)9(13(17)20)10-11(18)15-14(21)16-12(10)19/h3-6H,2H2,1H3,(H2,15,16,18,19,21). The number of para-hydroxylation sites is 1. The Morgan fingerprint density at radius 1 is 0.952 bits per heavy atom. The zero-order chi connectivity index (χ0) is 15.1. The van der Waals surface area contributed by atoms with Crippen LogP contribution in [0.15, 0.2) is 29.8 Å². The van der Waals surface area contributed by atoms with Gasteiger partial charge in [-0.3, -0.25) is 25.0 Å². The van der Waals surface area contributed by atoms with Crippen LogP contribution in [0.2, 0.25) is 0 Å². The van der Waals surface area contributed by atoms with Gasteiger partial charge < -0.3 is 4.90 Å². The average Bonchev–Trinajstić information content (AvgIpc) is 2.70. The Kier molecular flexibility index (Phi) is 2.83. The van der Waals surface area contributed by atoms with E-state index in [0.29, 0.717) is 17.8 Å². The zero-order valence-corrected chi connectivity index (χ0v) is 11.1. The van der Waals surface area contributed by atoms with Crippen LogP contribution in [-0.4, -0.2) is 30.3 Å². The van der Waals surface area contributed by atoms with Crippen LogP contribution in [0.4, 0.5) is 10.5 Å². The van der Waals surface area contributed by atoms with Crippen molar-refractivity contribution in [2.45, 2.75) is 6.92 Å². The lowest BCUT2D eigenvalue weighted by Gasteiger charge is -2.16. The van der Waals surface area contributed by atoms with Gasteiger partial charge in [0.05, 0.1) is 11.3 Å². The molecule has 106 valence electrons. The number of rotatable bonds is 1. The Morgan fingerprint density at radius 3 is 2.19 bits per heavy atom. The summed E-state index contributed by atoms with van der Waals surface area (Å²) in [6.07, 6.45) is 0. The fourth-order valence-electron chi connectivity index (χ4n) is 2.53. The highest BCUT2D eigenvalue weighted by atomic mass is 16.2. The van der Waals surface area contributed by atoms with Gasteiger partial charge in [-0.05, 0) is 13.0 Å². The molecule has 1 saturated heterocycles. The number of nitrogens with one attached hydrogen (secondary N) is 2. The highest BCUT2D eigenvalue weighted by molar-refractivity contribution is 6.44. The molecule has 0 spiro atoms. The van der Waals surface area contributed by atoms with Crippen molar-refractivity contribution in [2.75, 3.05) is 11.4 Å². The molecule has 2 aliphatic heterocycles. The molecule has 0 saturated carbocycles. The van der Waals surface area contributed by atoms with Gasteiger partial charge in [-0.1, -0.05) is 18.2 Å². The summed E-state index contributed by atoms with van der Waals surface area (Å²) in [5.74, 6) is -2.15. The first-order valence-corrected chi connectivity index (χ1v) is 6.36. The number of imide groups is 2. The van der Waals surface area contributed by atoms with Crippen LogP contribution in [0.1, 0.15) is 12.5 Å². The Hall–Kier alpha value is -2.96. The van der Waals surface area contributed by atoms with E-state index >= 15 is 0 Å². The van der Waals surface area contributed by atoms with Crippen molar-refractivity contribution in [1.29, 1.82) is 0 Å². The van der Waals surface area contributed by atoms with Crippen LogP contribution < -0.4 is 15.5 Å². The number of fused-ring (bicyclic) bond motifs is 1. The summed E-state index contributed by atoms with van der Waals surface area (Å²) in [4.78, 5) is 48.9. The summed E-state index contributed by atoms with van der Waals surface area (Å²) in [5, 5.41) is 3.96. The lowest BCUT2D eigenvalue weighted by molar-refractivity contribution is -0.124. The van der Waals surface area contributed by atoms with E-state index in [4.69, 9.17) is 0 Å². The fourth-order valence-corrected chi connectivity index (χ4v) is 2.53. The van der Waals surface area contributed by atoms with Gasteiger partial charge in [0.1, 0.15) is 5.57 Å². The van der Waals surface area contributed by atoms with Gasteiger partial charge in [0, 0.05) is 12.1 Å². The lowest BCUT2D eigenvalue weighted by atomic mass is 9.99. The monoisotopic (exact) mass is 285 g/mol. The molecular formula is C14H11N3O4. The van der Waals surface area contributed by atoms with Gasteiger partial charge in [-0.15, -0.1) is 0 Å². The van der Waals surface area contributed by atoms with Crippen molar-refractivity contribution in [1.82, 2.24) is 10.6 Å². The van der Waals surface area contributed by atoms with Crippen LogP contribution in [0.3, 0.4) is 0 Å². The molecule has 0 bridgehead atoms. The fraction of sp³-hybridized carbons (Fsp3) is 0.143. The number of barbiturate groups is 1. The second kappa shape index (κ2) is 4.55. The second-order valence-electron chi connectivity index (χ2n) is 4.55. The van der Waals surface area contributed by atoms with Gasteiger partial charge in [0.2, 0.25) is 0 Å². The maximum absolute atomic E-state index is 12.5. The van der Waals surface area contributed by atoms with Crippen molar-refractivity contribution >= 4 is 35.0 Å². The van der Waals surface area contributed by atoms with E-state index < -0.39 is 23.8 Å². The first-order chi connectivity index (χ1) is 10.0. The number of carbonyl (C=O) groups excluding carboxylic acids is 4. The van der Waals surface area contributed by atoms with Crippen molar-refractivity contribution < 1.29 is 19.2 Å². The van der Waals surface area contributed by atoms with E-state index in [1.807, 2.05) is 10.6 Å². The van der Waals surface area contributed by atoms with E-state index in [-0.39, 0.29) is 11.1 Å². The summed E-state index contributed by atoms with van der Waals surface area (Å²) in [6, 6.07) is 6.01. The molecule has 0 aliphatic carbocycles. The first kappa shape index (κ1) is 13.0. The third-order valence-corrected chi connectivity index (χ3v) is 3.40. The van der Waals surface area contributed by atoms with Crippen LogP contribution in [0.25, 0.3) is 5.57 Å². The SMILES string of the molecule is CCN1C(=O)C(=C2C(=O)NC(=O)NC2=O)c2ccccc21. The second-order valence-corrected chi connectivity index (χ2v) is 4.55. The molecule has 3 rings (SSSR count). The Bertz CT molecular complexity index is 713. The largest absolute Gasteiger partial charge is 0.328 e. The van der Waals surface area contributed by atoms with Gasteiger partial charge in [-0.2, -0.15) is 0 Å². The van der Waals surface area contributed by atoms with E-state index in [1.165, 1.54) is 4.90 Å². The quantitative estimate of drug-likeness (QED) is 0.568.